The van der Waals surface area contributed by atoms with Gasteiger partial charge in [-0.2, -0.15) is 13.2 Å². The van der Waals surface area contributed by atoms with Crippen molar-refractivity contribution in [1.82, 2.24) is 20.4 Å². The van der Waals surface area contributed by atoms with Crippen LogP contribution in [0.2, 0.25) is 0 Å². The number of piperidine rings is 1. The van der Waals surface area contributed by atoms with Crippen molar-refractivity contribution in [2.24, 2.45) is 0 Å². The number of thioether (sulfide) groups is 1. The second-order valence-corrected chi connectivity index (χ2v) is 14.5. The van der Waals surface area contributed by atoms with Gasteiger partial charge < -0.3 is 25.8 Å². The van der Waals surface area contributed by atoms with Crippen LogP contribution in [0.15, 0.2) is 52.3 Å². The molecule has 2 saturated heterocycles. The van der Waals surface area contributed by atoms with Crippen LogP contribution in [0.4, 0.5) is 23.7 Å². The van der Waals surface area contributed by atoms with Gasteiger partial charge in [0.15, 0.2) is 9.84 Å². The standard InChI is InChI=1S/C31H40F3N5O5S2/c1-45-24-9-11-25(12-10-24)46(43,44)18-5-4-14-38-15-6-7-23(21-38)36-28(40)20-35-29(41)26-19-22(31(32,33)34)8-13-27(26)37-30(42)39-16-2-3-17-39/h8-13,19,23H,2-7,14-18,20-21H2,1H3,(H,35,41)(H,36,40)(H,37,42). The number of rotatable bonds is 12. The summed E-state index contributed by atoms with van der Waals surface area (Å²) in [4.78, 5) is 43.2. The van der Waals surface area contributed by atoms with Crippen LogP contribution in [0, 0.1) is 0 Å². The summed E-state index contributed by atoms with van der Waals surface area (Å²) in [5.41, 5.74) is -1.52. The van der Waals surface area contributed by atoms with Gasteiger partial charge in [0.2, 0.25) is 5.91 Å². The molecule has 2 aliphatic rings. The van der Waals surface area contributed by atoms with Gasteiger partial charge in [-0.25, -0.2) is 13.2 Å². The number of hydrogen-bond acceptors (Lipinski definition) is 7. The Morgan fingerprint density at radius 1 is 0.978 bits per heavy atom. The van der Waals surface area contributed by atoms with E-state index in [2.05, 4.69) is 20.9 Å². The van der Waals surface area contributed by atoms with E-state index < -0.39 is 51.5 Å². The van der Waals surface area contributed by atoms with Crippen LogP contribution in [0.1, 0.15) is 54.4 Å². The Morgan fingerprint density at radius 3 is 2.37 bits per heavy atom. The molecule has 2 aromatic carbocycles. The molecule has 0 radical (unpaired) electrons. The number of benzene rings is 2. The van der Waals surface area contributed by atoms with Gasteiger partial charge in [-0.05, 0) is 100 Å². The molecule has 252 valence electrons. The molecule has 2 aliphatic heterocycles. The number of hydrogen-bond donors (Lipinski definition) is 3. The molecule has 4 rings (SSSR count). The predicted molar refractivity (Wildman–Crippen MR) is 171 cm³/mol. The highest BCUT2D eigenvalue weighted by atomic mass is 32.2. The van der Waals surface area contributed by atoms with E-state index in [0.29, 0.717) is 50.0 Å². The lowest BCUT2D eigenvalue weighted by Gasteiger charge is -2.33. The van der Waals surface area contributed by atoms with Gasteiger partial charge in [-0.1, -0.05) is 0 Å². The zero-order valence-electron chi connectivity index (χ0n) is 25.7. The summed E-state index contributed by atoms with van der Waals surface area (Å²) in [5.74, 6) is -1.36. The minimum atomic E-state index is -4.70. The van der Waals surface area contributed by atoms with Gasteiger partial charge in [-0.15, -0.1) is 11.8 Å². The highest BCUT2D eigenvalue weighted by molar-refractivity contribution is 7.98. The number of anilines is 1. The van der Waals surface area contributed by atoms with Crippen molar-refractivity contribution >= 4 is 45.1 Å². The molecule has 1 atom stereocenters. The summed E-state index contributed by atoms with van der Waals surface area (Å²) in [7, 11) is -3.37. The molecular weight excluding hydrogens is 643 g/mol. The number of nitrogens with zero attached hydrogens (tertiary/aromatic N) is 2. The zero-order valence-corrected chi connectivity index (χ0v) is 27.3. The molecule has 15 heteroatoms. The second kappa shape index (κ2) is 16.0. The first-order chi connectivity index (χ1) is 21.9. The molecule has 0 saturated carbocycles. The third-order valence-electron chi connectivity index (χ3n) is 8.06. The van der Waals surface area contributed by atoms with Crippen molar-refractivity contribution < 1.29 is 36.0 Å². The van der Waals surface area contributed by atoms with Gasteiger partial charge >= 0.3 is 12.2 Å². The Balaban J connectivity index is 1.24. The first-order valence-corrected chi connectivity index (χ1v) is 18.2. The van der Waals surface area contributed by atoms with E-state index in [4.69, 9.17) is 0 Å². The lowest BCUT2D eigenvalue weighted by molar-refractivity contribution is -0.137. The van der Waals surface area contributed by atoms with Gasteiger partial charge in [0.25, 0.3) is 5.91 Å². The number of sulfone groups is 1. The quantitative estimate of drug-likeness (QED) is 0.220. The van der Waals surface area contributed by atoms with Gasteiger partial charge in [0.05, 0.1) is 34.0 Å². The summed E-state index contributed by atoms with van der Waals surface area (Å²) in [6, 6.07) is 8.66. The maximum absolute atomic E-state index is 13.4. The van der Waals surface area contributed by atoms with Crippen molar-refractivity contribution in [3.05, 3.63) is 53.6 Å². The van der Waals surface area contributed by atoms with E-state index in [1.807, 2.05) is 6.26 Å². The Bertz CT molecular complexity index is 1480. The highest BCUT2D eigenvalue weighted by Gasteiger charge is 2.32. The molecule has 0 spiro atoms. The van der Waals surface area contributed by atoms with Crippen LogP contribution >= 0.6 is 11.8 Å². The number of urea groups is 1. The molecule has 3 N–H and O–H groups in total. The number of nitrogens with one attached hydrogen (secondary N) is 3. The second-order valence-electron chi connectivity index (χ2n) is 11.5. The molecule has 46 heavy (non-hydrogen) atoms. The monoisotopic (exact) mass is 683 g/mol. The van der Waals surface area contributed by atoms with Crippen LogP contribution in [0.25, 0.3) is 0 Å². The topological polar surface area (TPSA) is 128 Å². The van der Waals surface area contributed by atoms with E-state index in [9.17, 15) is 36.0 Å². The molecule has 0 aromatic heterocycles. The number of carbonyl (C=O) groups is 3. The van der Waals surface area contributed by atoms with E-state index >= 15 is 0 Å². The Hall–Kier alpha value is -3.30. The molecule has 2 heterocycles. The summed E-state index contributed by atoms with van der Waals surface area (Å²) in [6.07, 6.45) is 1.58. The van der Waals surface area contributed by atoms with E-state index in [0.717, 1.165) is 49.3 Å². The molecular formula is C31H40F3N5O5S2. The van der Waals surface area contributed by atoms with Gasteiger partial charge in [-0.3, -0.25) is 9.59 Å². The molecule has 10 nitrogen and oxygen atoms in total. The van der Waals surface area contributed by atoms with Crippen LogP contribution < -0.4 is 16.0 Å². The number of likely N-dealkylation sites (tertiary alicyclic amines) is 2. The number of amides is 4. The third-order valence-corrected chi connectivity index (χ3v) is 10.6. The maximum atomic E-state index is 13.4. The van der Waals surface area contributed by atoms with Crippen molar-refractivity contribution in [2.75, 3.05) is 56.6 Å². The number of carbonyl (C=O) groups excluding carboxylic acids is 3. The lowest BCUT2D eigenvalue weighted by atomic mass is 10.1. The Morgan fingerprint density at radius 2 is 1.70 bits per heavy atom. The van der Waals surface area contributed by atoms with Crippen LogP contribution in [0.5, 0.6) is 0 Å². The first-order valence-electron chi connectivity index (χ1n) is 15.3. The van der Waals surface area contributed by atoms with Crippen molar-refractivity contribution in [2.45, 2.75) is 60.5 Å². The summed E-state index contributed by atoms with van der Waals surface area (Å²) >= 11 is 1.55. The van der Waals surface area contributed by atoms with E-state index in [-0.39, 0.29) is 17.5 Å². The largest absolute Gasteiger partial charge is 0.416 e. The minimum absolute atomic E-state index is 0.0504. The summed E-state index contributed by atoms with van der Waals surface area (Å²) < 4.78 is 65.5. The zero-order chi connectivity index (χ0) is 33.3. The molecule has 1 unspecified atom stereocenters. The SMILES string of the molecule is CSc1ccc(S(=O)(=O)CCCCN2CCCC(NC(=O)CNC(=O)c3cc(C(F)(F)F)ccc3NC(=O)N3CCCC3)C2)cc1. The first kappa shape index (κ1) is 35.6. The summed E-state index contributed by atoms with van der Waals surface area (Å²) in [5, 5.41) is 7.78. The highest BCUT2D eigenvalue weighted by Crippen LogP contribution is 2.32. The average Bonchev–Trinajstić information content (AvgIpc) is 3.57. The van der Waals surface area contributed by atoms with Crippen molar-refractivity contribution in [1.29, 1.82) is 0 Å². The van der Waals surface area contributed by atoms with Crippen LogP contribution in [0.3, 0.4) is 0 Å². The van der Waals surface area contributed by atoms with Crippen LogP contribution in [-0.4, -0.2) is 93.4 Å². The Kier molecular flexibility index (Phi) is 12.4. The fourth-order valence-electron chi connectivity index (χ4n) is 5.57. The molecule has 2 aromatic rings. The fraction of sp³-hybridized carbons (Fsp3) is 0.516. The molecule has 4 amide bonds. The third kappa shape index (κ3) is 10.1. The average molecular weight is 684 g/mol. The number of unbranched alkanes of at least 4 members (excludes halogenated alkanes) is 1. The molecule has 0 aliphatic carbocycles. The van der Waals surface area contributed by atoms with E-state index in [1.54, 1.807) is 36.0 Å². The predicted octanol–water partition coefficient (Wildman–Crippen LogP) is 4.62. The molecule has 0 bridgehead atoms. The number of halogens is 3. The van der Waals surface area contributed by atoms with Crippen molar-refractivity contribution in [3.8, 4) is 0 Å². The maximum Gasteiger partial charge on any atom is 0.416 e. The smallest absolute Gasteiger partial charge is 0.351 e. The lowest BCUT2D eigenvalue weighted by Crippen LogP contribution is -2.50. The van der Waals surface area contributed by atoms with Crippen LogP contribution in [-0.2, 0) is 20.8 Å². The van der Waals surface area contributed by atoms with E-state index in [1.165, 1.54) is 4.90 Å². The van der Waals surface area contributed by atoms with Gasteiger partial charge in [0, 0.05) is 30.6 Å². The van der Waals surface area contributed by atoms with Crippen molar-refractivity contribution in [3.63, 3.8) is 0 Å². The molecule has 2 fully saturated rings. The number of alkyl halides is 3. The summed E-state index contributed by atoms with van der Waals surface area (Å²) in [6.45, 7) is 2.62. The normalized spacial score (nSPS) is 17.5. The Labute approximate surface area is 271 Å². The minimum Gasteiger partial charge on any atom is -0.351 e. The van der Waals surface area contributed by atoms with Gasteiger partial charge in [0.1, 0.15) is 0 Å². The fourth-order valence-corrected chi connectivity index (χ4v) is 7.35.